The summed E-state index contributed by atoms with van der Waals surface area (Å²) in [5, 5.41) is 8.15. The number of carbonyl (C=O) groups excluding carboxylic acids is 1. The Kier molecular flexibility index (Phi) is 6.50. The molecule has 0 spiro atoms. The van der Waals surface area contributed by atoms with E-state index in [2.05, 4.69) is 14.6 Å². The van der Waals surface area contributed by atoms with E-state index >= 15 is 0 Å². The van der Waals surface area contributed by atoms with Gasteiger partial charge in [-0.05, 0) is 12.1 Å². The van der Waals surface area contributed by atoms with Crippen LogP contribution in [0.2, 0.25) is 15.2 Å². The smallest absolute Gasteiger partial charge is 0.367 e. The molecule has 142 valence electrons. The van der Waals surface area contributed by atoms with Gasteiger partial charge in [0, 0.05) is 6.07 Å². The van der Waals surface area contributed by atoms with E-state index in [9.17, 15) is 17.6 Å². The molecule has 0 unspecified atom stereocenters. The molecule has 0 saturated heterocycles. The lowest BCUT2D eigenvalue weighted by Crippen LogP contribution is -2.43. The van der Waals surface area contributed by atoms with E-state index in [1.54, 1.807) is 6.07 Å². The van der Waals surface area contributed by atoms with Crippen molar-refractivity contribution in [2.45, 2.75) is 0 Å². The van der Waals surface area contributed by atoms with E-state index in [1.165, 1.54) is 16.9 Å². The van der Waals surface area contributed by atoms with E-state index in [4.69, 9.17) is 40.1 Å². The number of halogens is 4. The second-order valence-corrected chi connectivity index (χ2v) is 6.93. The average molecular weight is 455 g/mol. The molecule has 1 aromatic carbocycles. The monoisotopic (exact) mass is 453 g/mol. The molecule has 0 atom stereocenters. The summed E-state index contributed by atoms with van der Waals surface area (Å²) in [7, 11) is -4.62. The molecule has 2 amide bonds. The lowest BCUT2D eigenvalue weighted by atomic mass is 10.3. The highest BCUT2D eigenvalue weighted by Crippen LogP contribution is 2.36. The Labute approximate surface area is 167 Å². The molecule has 27 heavy (non-hydrogen) atoms. The zero-order valence-corrected chi connectivity index (χ0v) is 15.8. The molecule has 2 aromatic rings. The number of benzene rings is 1. The maximum Gasteiger partial charge on any atom is 0.411 e. The zero-order valence-electron chi connectivity index (χ0n) is 12.8. The molecule has 14 heteroatoms. The summed E-state index contributed by atoms with van der Waals surface area (Å²) in [6.45, 7) is 0. The minimum atomic E-state index is -4.62. The van der Waals surface area contributed by atoms with Gasteiger partial charge in [0.2, 0.25) is 0 Å². The molecular weight excluding hydrogens is 448 g/mol. The van der Waals surface area contributed by atoms with Crippen LogP contribution in [0.4, 0.5) is 14.9 Å². The Balaban J connectivity index is 2.06. The summed E-state index contributed by atoms with van der Waals surface area (Å²) in [6.07, 6.45) is 0. The van der Waals surface area contributed by atoms with Crippen molar-refractivity contribution >= 4 is 56.8 Å². The lowest BCUT2D eigenvalue weighted by Gasteiger charge is -2.13. The number of urea groups is 1. The number of carbonyl (C=O) groups is 1. The Morgan fingerprint density at radius 3 is 2.59 bits per heavy atom. The zero-order chi connectivity index (χ0) is 20.2. The van der Waals surface area contributed by atoms with Crippen molar-refractivity contribution in [1.29, 1.82) is 5.26 Å². The highest BCUT2D eigenvalue weighted by atomic mass is 35.5. The summed E-state index contributed by atoms with van der Waals surface area (Å²) in [4.78, 5) is 15.4. The van der Waals surface area contributed by atoms with Crippen molar-refractivity contribution in [3.63, 3.8) is 0 Å². The largest absolute Gasteiger partial charge is 0.411 e. The van der Waals surface area contributed by atoms with Crippen molar-refractivity contribution in [1.82, 2.24) is 15.1 Å². The van der Waals surface area contributed by atoms with Gasteiger partial charge in [-0.15, -0.1) is 0 Å². The average Bonchev–Trinajstić information content (AvgIpc) is 2.57. The number of pyridine rings is 1. The third-order valence-corrected chi connectivity index (χ3v) is 4.62. The molecule has 0 bridgehead atoms. The summed E-state index contributed by atoms with van der Waals surface area (Å²) in [6, 6.07) is 4.62. The molecule has 3 N–H and O–H groups in total. The van der Waals surface area contributed by atoms with Gasteiger partial charge < -0.3 is 4.18 Å². The quantitative estimate of drug-likeness (QED) is 0.467. The van der Waals surface area contributed by atoms with E-state index in [0.717, 1.165) is 12.1 Å². The maximum absolute atomic E-state index is 13.0. The van der Waals surface area contributed by atoms with Crippen molar-refractivity contribution < 1.29 is 21.8 Å². The number of hydrogen-bond acceptors (Lipinski definition) is 7. The highest BCUT2D eigenvalue weighted by molar-refractivity contribution is 7.85. The van der Waals surface area contributed by atoms with Gasteiger partial charge >= 0.3 is 16.3 Å². The lowest BCUT2D eigenvalue weighted by molar-refractivity contribution is 0.247. The van der Waals surface area contributed by atoms with E-state index in [0.29, 0.717) is 0 Å². The van der Waals surface area contributed by atoms with E-state index < -0.39 is 22.2 Å². The number of nitrogens with one attached hydrogen (secondary N) is 3. The molecule has 0 aliphatic heterocycles. The first kappa shape index (κ1) is 20.8. The fraction of sp³-hybridized carbons (Fsp3) is 0. The van der Waals surface area contributed by atoms with Crippen LogP contribution in [0.3, 0.4) is 0 Å². The Morgan fingerprint density at radius 1 is 1.26 bits per heavy atom. The highest BCUT2D eigenvalue weighted by Gasteiger charge is 2.20. The van der Waals surface area contributed by atoms with Gasteiger partial charge in [-0.25, -0.2) is 18.9 Å². The first-order chi connectivity index (χ1) is 12.6. The molecule has 0 aliphatic rings. The number of hydrogen-bond donors (Lipinski definition) is 3. The summed E-state index contributed by atoms with van der Waals surface area (Å²) in [5.74, 6) is -1.09. The third-order valence-electron chi connectivity index (χ3n) is 2.66. The van der Waals surface area contributed by atoms with Gasteiger partial charge in [0.05, 0.1) is 5.69 Å². The van der Waals surface area contributed by atoms with Gasteiger partial charge in [-0.2, -0.15) is 13.7 Å². The van der Waals surface area contributed by atoms with Crippen molar-refractivity contribution in [3.8, 4) is 11.8 Å². The number of rotatable bonds is 5. The van der Waals surface area contributed by atoms with Crippen molar-refractivity contribution in [2.24, 2.45) is 0 Å². The van der Waals surface area contributed by atoms with Crippen molar-refractivity contribution in [2.75, 3.05) is 5.43 Å². The van der Waals surface area contributed by atoms with Crippen LogP contribution in [0.25, 0.3) is 0 Å². The molecule has 9 nitrogen and oxygen atoms in total. The fourth-order valence-electron chi connectivity index (χ4n) is 1.62. The van der Waals surface area contributed by atoms with Crippen LogP contribution >= 0.6 is 34.8 Å². The predicted molar refractivity (Wildman–Crippen MR) is 95.2 cm³/mol. The minimum absolute atomic E-state index is 0.187. The number of anilines is 1. The number of hydrazine groups is 1. The van der Waals surface area contributed by atoms with Crippen LogP contribution in [0.5, 0.6) is 5.75 Å². The molecule has 0 fully saturated rings. The molecule has 1 aromatic heterocycles. The van der Waals surface area contributed by atoms with E-state index in [1.807, 2.05) is 5.43 Å². The number of amides is 2. The summed E-state index contributed by atoms with van der Waals surface area (Å²) < 4.78 is 42.5. The summed E-state index contributed by atoms with van der Waals surface area (Å²) >= 11 is 17.5. The van der Waals surface area contributed by atoms with Gasteiger partial charge in [0.15, 0.2) is 10.8 Å². The maximum atomic E-state index is 13.0. The molecule has 1 heterocycles. The fourth-order valence-corrected chi connectivity index (χ4v) is 2.94. The topological polar surface area (TPSA) is 133 Å². The van der Waals surface area contributed by atoms with Crippen LogP contribution < -0.4 is 19.8 Å². The van der Waals surface area contributed by atoms with Gasteiger partial charge in [0.25, 0.3) is 0 Å². The van der Waals surface area contributed by atoms with Crippen LogP contribution in [0, 0.1) is 17.1 Å². The predicted octanol–water partition coefficient (Wildman–Crippen LogP) is 3.00. The van der Waals surface area contributed by atoms with Crippen LogP contribution in [0.15, 0.2) is 24.3 Å². The first-order valence-electron chi connectivity index (χ1n) is 6.61. The standard InChI is InChI=1S/C13H7Cl3FN5O4S/c14-9-8(5-18)19-12(16)10(15)11(9)20-21-13(23)22-27(24,25)26-7-3-1-2-6(17)4-7/h1-4H,(H,19,20)(H2,21,22,23). The first-order valence-corrected chi connectivity index (χ1v) is 9.15. The van der Waals surface area contributed by atoms with Gasteiger partial charge in [-0.1, -0.05) is 40.9 Å². The minimum Gasteiger partial charge on any atom is -0.367 e. The molecular formula is C13H7Cl3FN5O4S. The SMILES string of the molecule is N#Cc1nc(Cl)c(Cl)c(NNC(=O)NS(=O)(=O)Oc2cccc(F)c2)c1Cl. The Hall–Kier alpha value is -2.52. The number of nitriles is 1. The number of aromatic nitrogens is 1. The number of nitrogens with zero attached hydrogens (tertiary/aromatic N) is 2. The molecule has 0 aliphatic carbocycles. The normalized spacial score (nSPS) is 10.6. The second kappa shape index (κ2) is 8.45. The van der Waals surface area contributed by atoms with E-state index in [-0.39, 0.29) is 32.3 Å². The molecule has 0 radical (unpaired) electrons. The van der Waals surface area contributed by atoms with Crippen molar-refractivity contribution in [3.05, 3.63) is 51.0 Å². The van der Waals surface area contributed by atoms with Gasteiger partial charge in [0.1, 0.15) is 27.7 Å². The third kappa shape index (κ3) is 5.48. The van der Waals surface area contributed by atoms with Crippen LogP contribution in [-0.2, 0) is 10.3 Å². The Bertz CT molecular complexity index is 1040. The molecule has 0 saturated carbocycles. The van der Waals surface area contributed by atoms with Gasteiger partial charge in [-0.3, -0.25) is 10.9 Å². The molecule has 2 rings (SSSR count). The Morgan fingerprint density at radius 2 is 1.96 bits per heavy atom. The van der Waals surface area contributed by atoms with Crippen LogP contribution in [0.1, 0.15) is 5.69 Å². The summed E-state index contributed by atoms with van der Waals surface area (Å²) in [5.41, 5.74) is 3.66. The second-order valence-electron chi connectivity index (χ2n) is 4.54. The van der Waals surface area contributed by atoms with Crippen LogP contribution in [-0.4, -0.2) is 19.4 Å².